The van der Waals surface area contributed by atoms with E-state index < -0.39 is 0 Å². The molecule has 6 nitrogen and oxygen atoms in total. The van der Waals surface area contributed by atoms with Crippen molar-refractivity contribution in [1.29, 1.82) is 0 Å². The Bertz CT molecular complexity index is 556. The standard InChI is InChI=1S/C12H19N5OS/c1-7(3-4-18)6-14-10-9-5-8(2)19-11(9)16-12(15-10)17-13/h5,7,18H,3-4,6,13H2,1-2H3,(H2,14,15,16,17). The highest BCUT2D eigenvalue weighted by Crippen LogP contribution is 2.29. The second kappa shape index (κ2) is 6.14. The number of hydrogen-bond donors (Lipinski definition) is 4. The summed E-state index contributed by atoms with van der Waals surface area (Å²) < 4.78 is 0. The maximum atomic E-state index is 8.91. The molecule has 2 aromatic rings. The van der Waals surface area contributed by atoms with E-state index in [1.165, 1.54) is 4.88 Å². The molecule has 104 valence electrons. The van der Waals surface area contributed by atoms with Crippen molar-refractivity contribution in [3.63, 3.8) is 0 Å². The smallest absolute Gasteiger partial charge is 0.240 e. The largest absolute Gasteiger partial charge is 0.396 e. The Hall–Kier alpha value is -1.44. The van der Waals surface area contributed by atoms with E-state index >= 15 is 0 Å². The molecule has 1 unspecified atom stereocenters. The van der Waals surface area contributed by atoms with Crippen molar-refractivity contribution >= 4 is 33.3 Å². The fourth-order valence-corrected chi connectivity index (χ4v) is 2.71. The number of nitrogens with two attached hydrogens (primary N) is 1. The Balaban J connectivity index is 2.24. The first-order valence-corrected chi connectivity index (χ1v) is 7.05. The molecule has 0 fully saturated rings. The third kappa shape index (κ3) is 3.31. The van der Waals surface area contributed by atoms with Crippen LogP contribution in [0.15, 0.2) is 6.07 Å². The molecule has 2 heterocycles. The summed E-state index contributed by atoms with van der Waals surface area (Å²) in [5.74, 6) is 6.96. The van der Waals surface area contributed by atoms with Gasteiger partial charge in [0.1, 0.15) is 10.6 Å². The number of thiophene rings is 1. The minimum absolute atomic E-state index is 0.204. The zero-order valence-electron chi connectivity index (χ0n) is 11.1. The van der Waals surface area contributed by atoms with Crippen molar-refractivity contribution in [3.8, 4) is 0 Å². The summed E-state index contributed by atoms with van der Waals surface area (Å²) >= 11 is 1.61. The van der Waals surface area contributed by atoms with E-state index in [1.54, 1.807) is 11.3 Å². The molecule has 0 aliphatic rings. The Morgan fingerprint density at radius 2 is 2.26 bits per heavy atom. The average molecular weight is 281 g/mol. The monoisotopic (exact) mass is 281 g/mol. The summed E-state index contributed by atoms with van der Waals surface area (Å²) in [4.78, 5) is 10.8. The van der Waals surface area contributed by atoms with Crippen molar-refractivity contribution in [3.05, 3.63) is 10.9 Å². The van der Waals surface area contributed by atoms with Gasteiger partial charge in [0.15, 0.2) is 0 Å². The molecule has 0 saturated carbocycles. The molecule has 0 saturated heterocycles. The number of anilines is 2. The SMILES string of the molecule is Cc1cc2c(NCC(C)CCO)nc(NN)nc2s1. The fraction of sp³-hybridized carbons (Fsp3) is 0.500. The number of nitrogens with one attached hydrogen (secondary N) is 2. The van der Waals surface area contributed by atoms with Crippen LogP contribution in [0.25, 0.3) is 10.2 Å². The fourth-order valence-electron chi connectivity index (χ4n) is 1.83. The van der Waals surface area contributed by atoms with Gasteiger partial charge in [0.2, 0.25) is 5.95 Å². The lowest BCUT2D eigenvalue weighted by molar-refractivity contribution is 0.266. The van der Waals surface area contributed by atoms with Crippen molar-refractivity contribution in [2.45, 2.75) is 20.3 Å². The van der Waals surface area contributed by atoms with Gasteiger partial charge in [-0.1, -0.05) is 6.92 Å². The predicted octanol–water partition coefficient (Wildman–Crippen LogP) is 1.72. The van der Waals surface area contributed by atoms with Gasteiger partial charge in [0, 0.05) is 18.0 Å². The number of hydrogen-bond acceptors (Lipinski definition) is 7. The quantitative estimate of drug-likeness (QED) is 0.475. The number of hydrazine groups is 1. The summed E-state index contributed by atoms with van der Waals surface area (Å²) in [5, 5.41) is 13.2. The molecular formula is C12H19N5OS. The van der Waals surface area contributed by atoms with Crippen molar-refractivity contribution in [2.75, 3.05) is 23.9 Å². The third-order valence-electron chi connectivity index (χ3n) is 2.88. The molecule has 0 aliphatic heterocycles. The number of rotatable bonds is 6. The lowest BCUT2D eigenvalue weighted by Crippen LogP contribution is -2.15. The number of fused-ring (bicyclic) bond motifs is 1. The van der Waals surface area contributed by atoms with Gasteiger partial charge in [-0.2, -0.15) is 4.98 Å². The van der Waals surface area contributed by atoms with Crippen LogP contribution in [0.2, 0.25) is 0 Å². The minimum atomic E-state index is 0.204. The second-order valence-corrected chi connectivity index (χ2v) is 5.85. The molecule has 0 aliphatic carbocycles. The first-order chi connectivity index (χ1) is 9.13. The van der Waals surface area contributed by atoms with Crippen LogP contribution in [0.1, 0.15) is 18.2 Å². The first-order valence-electron chi connectivity index (χ1n) is 6.23. The van der Waals surface area contributed by atoms with Gasteiger partial charge in [-0.3, -0.25) is 5.43 Å². The topological polar surface area (TPSA) is 96.1 Å². The molecule has 0 radical (unpaired) electrons. The molecule has 0 amide bonds. The Morgan fingerprint density at radius 1 is 1.47 bits per heavy atom. The van der Waals surface area contributed by atoms with Gasteiger partial charge in [-0.05, 0) is 25.3 Å². The summed E-state index contributed by atoms with van der Waals surface area (Å²) in [6, 6.07) is 2.07. The number of aryl methyl sites for hydroxylation is 1. The van der Waals surface area contributed by atoms with Crippen LogP contribution in [0, 0.1) is 12.8 Å². The summed E-state index contributed by atoms with van der Waals surface area (Å²) in [6.45, 7) is 5.09. The minimum Gasteiger partial charge on any atom is -0.396 e. The van der Waals surface area contributed by atoms with E-state index in [9.17, 15) is 0 Å². The van der Waals surface area contributed by atoms with Crippen LogP contribution >= 0.6 is 11.3 Å². The van der Waals surface area contributed by atoms with Crippen molar-refractivity contribution in [2.24, 2.45) is 11.8 Å². The van der Waals surface area contributed by atoms with Gasteiger partial charge in [-0.25, -0.2) is 10.8 Å². The Kier molecular flexibility index (Phi) is 4.52. The van der Waals surface area contributed by atoms with Crippen molar-refractivity contribution in [1.82, 2.24) is 9.97 Å². The molecular weight excluding hydrogens is 262 g/mol. The number of aliphatic hydroxyl groups is 1. The summed E-state index contributed by atoms with van der Waals surface area (Å²) in [7, 11) is 0. The molecule has 7 heteroatoms. The van der Waals surface area contributed by atoms with Crippen LogP contribution in [-0.4, -0.2) is 28.2 Å². The normalized spacial score (nSPS) is 12.6. The number of aliphatic hydroxyl groups excluding tert-OH is 1. The Labute approximate surface area is 116 Å². The van der Waals surface area contributed by atoms with Gasteiger partial charge in [0.25, 0.3) is 0 Å². The maximum absolute atomic E-state index is 8.91. The van der Waals surface area contributed by atoms with Crippen LogP contribution < -0.4 is 16.6 Å². The van der Waals surface area contributed by atoms with E-state index in [1.807, 2.05) is 6.92 Å². The average Bonchev–Trinajstić information content (AvgIpc) is 2.76. The highest BCUT2D eigenvalue weighted by molar-refractivity contribution is 7.18. The zero-order chi connectivity index (χ0) is 13.8. The molecule has 2 rings (SSSR count). The third-order valence-corrected chi connectivity index (χ3v) is 3.83. The molecule has 0 aromatic carbocycles. The van der Waals surface area contributed by atoms with Gasteiger partial charge >= 0.3 is 0 Å². The number of aromatic nitrogens is 2. The molecule has 2 aromatic heterocycles. The second-order valence-electron chi connectivity index (χ2n) is 4.61. The van der Waals surface area contributed by atoms with Crippen LogP contribution in [0.3, 0.4) is 0 Å². The molecule has 0 spiro atoms. The van der Waals surface area contributed by atoms with Gasteiger partial charge < -0.3 is 10.4 Å². The van der Waals surface area contributed by atoms with E-state index in [4.69, 9.17) is 10.9 Å². The van der Waals surface area contributed by atoms with Gasteiger partial charge in [-0.15, -0.1) is 11.3 Å². The molecule has 0 bridgehead atoms. The van der Waals surface area contributed by atoms with E-state index in [-0.39, 0.29) is 6.61 Å². The molecule has 19 heavy (non-hydrogen) atoms. The highest BCUT2D eigenvalue weighted by Gasteiger charge is 2.11. The van der Waals surface area contributed by atoms with Crippen LogP contribution in [0.5, 0.6) is 0 Å². The highest BCUT2D eigenvalue weighted by atomic mass is 32.1. The summed E-state index contributed by atoms with van der Waals surface area (Å²) in [6.07, 6.45) is 0.770. The molecule has 1 atom stereocenters. The zero-order valence-corrected chi connectivity index (χ0v) is 11.9. The number of nitrogens with zero attached hydrogens (tertiary/aromatic N) is 2. The lowest BCUT2D eigenvalue weighted by atomic mass is 10.1. The lowest BCUT2D eigenvalue weighted by Gasteiger charge is -2.12. The van der Waals surface area contributed by atoms with E-state index in [0.717, 1.165) is 29.0 Å². The van der Waals surface area contributed by atoms with Crippen molar-refractivity contribution < 1.29 is 5.11 Å². The predicted molar refractivity (Wildman–Crippen MR) is 79.3 cm³/mol. The van der Waals surface area contributed by atoms with Crippen LogP contribution in [-0.2, 0) is 0 Å². The first kappa shape index (κ1) is 14.0. The Morgan fingerprint density at radius 3 is 2.95 bits per heavy atom. The molecule has 5 N–H and O–H groups in total. The number of nitrogen functional groups attached to an aromatic ring is 1. The maximum Gasteiger partial charge on any atom is 0.240 e. The van der Waals surface area contributed by atoms with Gasteiger partial charge in [0.05, 0.1) is 5.39 Å². The van der Waals surface area contributed by atoms with E-state index in [0.29, 0.717) is 11.9 Å². The summed E-state index contributed by atoms with van der Waals surface area (Å²) in [5.41, 5.74) is 2.49. The van der Waals surface area contributed by atoms with E-state index in [2.05, 4.69) is 33.7 Å². The van der Waals surface area contributed by atoms with Crippen LogP contribution in [0.4, 0.5) is 11.8 Å².